The SMILES string of the molecule is COC(=O)c1ccc(COc2ccccc2/C=N/NC(=O)c2ccc(COc3ccccc3)cc2)cc1. The Balaban J connectivity index is 1.30. The molecular formula is C30H26N2O5. The molecular weight excluding hydrogens is 468 g/mol. The van der Waals surface area contributed by atoms with Crippen LogP contribution in [-0.2, 0) is 18.0 Å². The third kappa shape index (κ3) is 7.29. The molecule has 4 aromatic rings. The van der Waals surface area contributed by atoms with Crippen molar-refractivity contribution in [3.8, 4) is 11.5 Å². The minimum absolute atomic E-state index is 0.305. The van der Waals surface area contributed by atoms with Gasteiger partial charge in [0.05, 0.1) is 18.9 Å². The van der Waals surface area contributed by atoms with Crippen molar-refractivity contribution in [2.45, 2.75) is 13.2 Å². The van der Waals surface area contributed by atoms with Crippen molar-refractivity contribution < 1.29 is 23.8 Å². The number of amides is 1. The van der Waals surface area contributed by atoms with Crippen LogP contribution in [0, 0.1) is 0 Å². The molecule has 0 bridgehead atoms. The molecule has 0 spiro atoms. The smallest absolute Gasteiger partial charge is 0.337 e. The third-order valence-electron chi connectivity index (χ3n) is 5.42. The van der Waals surface area contributed by atoms with Gasteiger partial charge in [-0.1, -0.05) is 54.6 Å². The fraction of sp³-hybridized carbons (Fsp3) is 0.100. The third-order valence-corrected chi connectivity index (χ3v) is 5.42. The van der Waals surface area contributed by atoms with Gasteiger partial charge in [0, 0.05) is 11.1 Å². The molecule has 0 atom stereocenters. The van der Waals surface area contributed by atoms with Crippen LogP contribution >= 0.6 is 0 Å². The number of hydrogen-bond donors (Lipinski definition) is 1. The Labute approximate surface area is 215 Å². The topological polar surface area (TPSA) is 86.2 Å². The van der Waals surface area contributed by atoms with Gasteiger partial charge in [-0.15, -0.1) is 0 Å². The molecule has 0 saturated carbocycles. The monoisotopic (exact) mass is 494 g/mol. The lowest BCUT2D eigenvalue weighted by atomic mass is 10.1. The second kappa shape index (κ2) is 12.7. The Hall–Kier alpha value is -4.91. The predicted octanol–water partition coefficient (Wildman–Crippen LogP) is 5.40. The summed E-state index contributed by atoms with van der Waals surface area (Å²) < 4.78 is 16.4. The number of carbonyl (C=O) groups is 2. The van der Waals surface area contributed by atoms with Gasteiger partial charge in [-0.3, -0.25) is 4.79 Å². The molecule has 4 aromatic carbocycles. The van der Waals surface area contributed by atoms with Crippen molar-refractivity contribution in [3.63, 3.8) is 0 Å². The molecule has 0 aliphatic rings. The fourth-order valence-electron chi connectivity index (χ4n) is 3.40. The lowest BCUT2D eigenvalue weighted by molar-refractivity contribution is 0.0600. The van der Waals surface area contributed by atoms with Crippen molar-refractivity contribution in [1.82, 2.24) is 5.43 Å². The van der Waals surface area contributed by atoms with Crippen LogP contribution in [0.2, 0.25) is 0 Å². The van der Waals surface area contributed by atoms with Crippen LogP contribution in [0.15, 0.2) is 108 Å². The maximum Gasteiger partial charge on any atom is 0.337 e. The average Bonchev–Trinajstić information content (AvgIpc) is 2.96. The van der Waals surface area contributed by atoms with E-state index in [1.165, 1.54) is 13.3 Å². The van der Waals surface area contributed by atoms with Crippen LogP contribution in [0.5, 0.6) is 11.5 Å². The molecule has 4 rings (SSSR count). The Kier molecular flexibility index (Phi) is 8.64. The van der Waals surface area contributed by atoms with E-state index in [0.717, 1.165) is 16.9 Å². The molecule has 1 N–H and O–H groups in total. The zero-order chi connectivity index (χ0) is 25.9. The quantitative estimate of drug-likeness (QED) is 0.181. The van der Waals surface area contributed by atoms with E-state index in [1.807, 2.05) is 78.9 Å². The normalized spacial score (nSPS) is 10.6. The molecule has 0 aliphatic heterocycles. The summed E-state index contributed by atoms with van der Waals surface area (Å²) in [6, 6.07) is 31.1. The molecule has 0 unspecified atom stereocenters. The molecule has 37 heavy (non-hydrogen) atoms. The largest absolute Gasteiger partial charge is 0.489 e. The van der Waals surface area contributed by atoms with Crippen molar-refractivity contribution >= 4 is 18.1 Å². The molecule has 0 saturated heterocycles. The maximum atomic E-state index is 12.5. The maximum absolute atomic E-state index is 12.5. The van der Waals surface area contributed by atoms with Crippen molar-refractivity contribution in [2.75, 3.05) is 7.11 Å². The lowest BCUT2D eigenvalue weighted by Crippen LogP contribution is -2.17. The van der Waals surface area contributed by atoms with E-state index in [4.69, 9.17) is 14.2 Å². The molecule has 0 aliphatic carbocycles. The van der Waals surface area contributed by atoms with E-state index in [0.29, 0.717) is 35.7 Å². The average molecular weight is 495 g/mol. The number of esters is 1. The number of ether oxygens (including phenoxy) is 3. The van der Waals surface area contributed by atoms with Crippen molar-refractivity contribution in [3.05, 3.63) is 131 Å². The number of hydrazone groups is 1. The van der Waals surface area contributed by atoms with Crippen LogP contribution < -0.4 is 14.9 Å². The van der Waals surface area contributed by atoms with E-state index in [9.17, 15) is 9.59 Å². The first kappa shape index (κ1) is 25.2. The molecule has 0 aromatic heterocycles. The van der Waals surface area contributed by atoms with E-state index in [-0.39, 0.29) is 11.9 Å². The molecule has 1 amide bonds. The highest BCUT2D eigenvalue weighted by atomic mass is 16.5. The minimum Gasteiger partial charge on any atom is -0.489 e. The highest BCUT2D eigenvalue weighted by Crippen LogP contribution is 2.18. The first-order chi connectivity index (χ1) is 18.1. The van der Waals surface area contributed by atoms with E-state index in [1.54, 1.807) is 24.3 Å². The second-order valence-electron chi connectivity index (χ2n) is 8.01. The molecule has 7 heteroatoms. The summed E-state index contributed by atoms with van der Waals surface area (Å²) in [5.74, 6) is 0.694. The van der Waals surface area contributed by atoms with Crippen LogP contribution in [0.25, 0.3) is 0 Å². The molecule has 7 nitrogen and oxygen atoms in total. The summed E-state index contributed by atoms with van der Waals surface area (Å²) in [7, 11) is 1.35. The van der Waals surface area contributed by atoms with Crippen LogP contribution in [-0.4, -0.2) is 25.2 Å². The Morgan fingerprint density at radius 2 is 1.32 bits per heavy atom. The van der Waals surface area contributed by atoms with Crippen LogP contribution in [0.1, 0.15) is 37.4 Å². The Morgan fingerprint density at radius 3 is 2.00 bits per heavy atom. The summed E-state index contributed by atoms with van der Waals surface area (Å²) in [5.41, 5.74) is 6.07. The van der Waals surface area contributed by atoms with Gasteiger partial charge < -0.3 is 14.2 Å². The van der Waals surface area contributed by atoms with Crippen molar-refractivity contribution in [1.29, 1.82) is 0 Å². The van der Waals surface area contributed by atoms with E-state index < -0.39 is 0 Å². The van der Waals surface area contributed by atoms with E-state index >= 15 is 0 Å². The number of rotatable bonds is 10. The van der Waals surface area contributed by atoms with Gasteiger partial charge in [0.25, 0.3) is 5.91 Å². The molecule has 0 heterocycles. The summed E-state index contributed by atoms with van der Waals surface area (Å²) in [4.78, 5) is 24.1. The summed E-state index contributed by atoms with van der Waals surface area (Å²) in [6.45, 7) is 0.718. The zero-order valence-electron chi connectivity index (χ0n) is 20.3. The zero-order valence-corrected chi connectivity index (χ0v) is 20.3. The fourth-order valence-corrected chi connectivity index (χ4v) is 3.40. The van der Waals surface area contributed by atoms with E-state index in [2.05, 4.69) is 10.5 Å². The summed E-state index contributed by atoms with van der Waals surface area (Å²) >= 11 is 0. The second-order valence-corrected chi connectivity index (χ2v) is 8.01. The first-order valence-electron chi connectivity index (χ1n) is 11.6. The summed E-state index contributed by atoms with van der Waals surface area (Å²) in [6.07, 6.45) is 1.54. The molecule has 0 fully saturated rings. The number of hydrogen-bond acceptors (Lipinski definition) is 6. The number of benzene rings is 4. The number of para-hydroxylation sites is 2. The van der Waals surface area contributed by atoms with Gasteiger partial charge in [-0.25, -0.2) is 10.2 Å². The molecule has 186 valence electrons. The summed E-state index contributed by atoms with van der Waals surface area (Å²) in [5, 5.41) is 4.09. The number of nitrogens with one attached hydrogen (secondary N) is 1. The number of carbonyl (C=O) groups excluding carboxylic acids is 2. The van der Waals surface area contributed by atoms with Gasteiger partial charge in [0.2, 0.25) is 0 Å². The molecule has 0 radical (unpaired) electrons. The Morgan fingerprint density at radius 1 is 0.730 bits per heavy atom. The number of nitrogens with zero attached hydrogens (tertiary/aromatic N) is 1. The standard InChI is InChI=1S/C30H26N2O5/c1-35-30(34)25-17-13-23(14-18-25)21-37-28-10-6-5-7-26(28)19-31-32-29(33)24-15-11-22(12-16-24)20-36-27-8-3-2-4-9-27/h2-19H,20-21H2,1H3,(H,32,33)/b31-19+. The van der Waals surface area contributed by atoms with Gasteiger partial charge in [0.15, 0.2) is 0 Å². The highest BCUT2D eigenvalue weighted by molar-refractivity contribution is 5.95. The van der Waals surface area contributed by atoms with Gasteiger partial charge in [-0.05, 0) is 59.7 Å². The predicted molar refractivity (Wildman–Crippen MR) is 141 cm³/mol. The first-order valence-corrected chi connectivity index (χ1v) is 11.6. The van der Waals surface area contributed by atoms with Gasteiger partial charge in [0.1, 0.15) is 24.7 Å². The Bertz CT molecular complexity index is 1350. The van der Waals surface area contributed by atoms with Crippen LogP contribution in [0.3, 0.4) is 0 Å². The number of methoxy groups -OCH3 is 1. The highest BCUT2D eigenvalue weighted by Gasteiger charge is 2.07. The lowest BCUT2D eigenvalue weighted by Gasteiger charge is -2.09. The minimum atomic E-state index is -0.385. The van der Waals surface area contributed by atoms with Gasteiger partial charge >= 0.3 is 5.97 Å². The van der Waals surface area contributed by atoms with Gasteiger partial charge in [-0.2, -0.15) is 5.10 Å². The van der Waals surface area contributed by atoms with Crippen molar-refractivity contribution in [2.24, 2.45) is 5.10 Å². The van der Waals surface area contributed by atoms with Crippen LogP contribution in [0.4, 0.5) is 0 Å².